The fourth-order valence-electron chi connectivity index (χ4n) is 3.91. The molecule has 1 fully saturated rings. The highest BCUT2D eigenvalue weighted by atomic mass is 35.5. The van der Waals surface area contributed by atoms with Gasteiger partial charge in [-0.25, -0.2) is 12.8 Å². The Kier molecular flexibility index (Phi) is 8.83. The summed E-state index contributed by atoms with van der Waals surface area (Å²) in [5.74, 6) is -1.38. The lowest BCUT2D eigenvalue weighted by Crippen LogP contribution is -2.44. The fraction of sp³-hybridized carbons (Fsp3) is 0.435. The van der Waals surface area contributed by atoms with Gasteiger partial charge in [-0.05, 0) is 29.8 Å². The van der Waals surface area contributed by atoms with E-state index in [0.29, 0.717) is 31.3 Å². The summed E-state index contributed by atoms with van der Waals surface area (Å²) >= 11 is 6.43. The number of carbonyl (C=O) groups is 1. The van der Waals surface area contributed by atoms with E-state index in [0.717, 1.165) is 22.0 Å². The maximum Gasteiger partial charge on any atom is 0.251 e. The van der Waals surface area contributed by atoms with Gasteiger partial charge in [0, 0.05) is 43.3 Å². The van der Waals surface area contributed by atoms with Crippen molar-refractivity contribution in [3.05, 3.63) is 64.4 Å². The van der Waals surface area contributed by atoms with Gasteiger partial charge >= 0.3 is 0 Å². The molecule has 7 nitrogen and oxygen atoms in total. The molecule has 1 amide bonds. The van der Waals surface area contributed by atoms with Crippen molar-refractivity contribution in [2.75, 3.05) is 45.9 Å². The van der Waals surface area contributed by atoms with Crippen LogP contribution in [0.4, 0.5) is 4.39 Å². The topological polar surface area (TPSA) is 79.0 Å². The van der Waals surface area contributed by atoms with Gasteiger partial charge in [-0.3, -0.25) is 9.69 Å². The van der Waals surface area contributed by atoms with Crippen LogP contribution >= 0.6 is 11.6 Å². The third kappa shape index (κ3) is 5.91. The van der Waals surface area contributed by atoms with E-state index < -0.39 is 26.6 Å². The van der Waals surface area contributed by atoms with E-state index in [9.17, 15) is 17.6 Å². The Morgan fingerprint density at radius 2 is 1.85 bits per heavy atom. The van der Waals surface area contributed by atoms with Crippen LogP contribution in [0.3, 0.4) is 0 Å². The van der Waals surface area contributed by atoms with E-state index in [-0.39, 0.29) is 31.2 Å². The van der Waals surface area contributed by atoms with Crippen LogP contribution in [0.25, 0.3) is 0 Å². The zero-order valence-corrected chi connectivity index (χ0v) is 20.3. The molecule has 0 spiro atoms. The molecule has 0 aliphatic carbocycles. The molecule has 0 aromatic heterocycles. The molecule has 10 heteroatoms. The molecule has 1 aliphatic rings. The van der Waals surface area contributed by atoms with Crippen LogP contribution in [0, 0.1) is 5.82 Å². The Hall–Kier alpha value is -2.04. The van der Waals surface area contributed by atoms with Crippen molar-refractivity contribution in [1.29, 1.82) is 0 Å². The Labute approximate surface area is 199 Å². The third-order valence-electron chi connectivity index (χ3n) is 5.72. The number of sulfonamides is 1. The van der Waals surface area contributed by atoms with Gasteiger partial charge in [0.05, 0.1) is 19.3 Å². The number of nitrogens with one attached hydrogen (secondary N) is 1. The zero-order chi connectivity index (χ0) is 24.0. The molecule has 0 radical (unpaired) electrons. The van der Waals surface area contributed by atoms with Crippen LogP contribution in [0.5, 0.6) is 0 Å². The monoisotopic (exact) mass is 497 g/mol. The van der Waals surface area contributed by atoms with Crippen molar-refractivity contribution < 1.29 is 22.3 Å². The van der Waals surface area contributed by atoms with Crippen molar-refractivity contribution in [2.45, 2.75) is 24.8 Å². The molecule has 0 saturated carbocycles. The van der Waals surface area contributed by atoms with E-state index in [1.54, 1.807) is 19.9 Å². The summed E-state index contributed by atoms with van der Waals surface area (Å²) in [6, 6.07) is 10.7. The van der Waals surface area contributed by atoms with Crippen molar-refractivity contribution >= 4 is 27.5 Å². The summed E-state index contributed by atoms with van der Waals surface area (Å²) in [5.41, 5.74) is 0.951. The fourth-order valence-corrected chi connectivity index (χ4v) is 5.72. The number of morpholine rings is 1. The maximum absolute atomic E-state index is 14.4. The Balaban J connectivity index is 1.83. The van der Waals surface area contributed by atoms with E-state index in [4.69, 9.17) is 16.3 Å². The number of halogens is 2. The van der Waals surface area contributed by atoms with Crippen LogP contribution in [0.15, 0.2) is 47.4 Å². The van der Waals surface area contributed by atoms with Gasteiger partial charge in [-0.2, -0.15) is 4.31 Å². The standard InChI is InChI=1S/C23H29ClFN3O4S/c1-3-28(4-2)33(30,31)22-15-17(9-10-20(22)25)23(29)26-16-21(27-11-13-32-14-12-27)18-7-5-6-8-19(18)24/h5-10,15,21H,3-4,11-14,16H2,1-2H3,(H,26,29). The van der Waals surface area contributed by atoms with Gasteiger partial charge in [0.2, 0.25) is 10.0 Å². The van der Waals surface area contributed by atoms with Crippen molar-refractivity contribution in [2.24, 2.45) is 0 Å². The summed E-state index contributed by atoms with van der Waals surface area (Å²) in [5, 5.41) is 3.46. The van der Waals surface area contributed by atoms with Gasteiger partial charge in [-0.1, -0.05) is 43.6 Å². The van der Waals surface area contributed by atoms with E-state index >= 15 is 0 Å². The van der Waals surface area contributed by atoms with Crippen LogP contribution in [0.2, 0.25) is 5.02 Å². The minimum Gasteiger partial charge on any atom is -0.379 e. The average Bonchev–Trinajstić information content (AvgIpc) is 2.81. The highest BCUT2D eigenvalue weighted by Gasteiger charge is 2.28. The number of benzene rings is 2. The molecule has 180 valence electrons. The van der Waals surface area contributed by atoms with Gasteiger partial charge in [-0.15, -0.1) is 0 Å². The largest absolute Gasteiger partial charge is 0.379 e. The Morgan fingerprint density at radius 1 is 1.18 bits per heavy atom. The summed E-state index contributed by atoms with van der Waals surface area (Å²) < 4.78 is 46.6. The van der Waals surface area contributed by atoms with Gasteiger partial charge in [0.1, 0.15) is 10.7 Å². The van der Waals surface area contributed by atoms with Gasteiger partial charge < -0.3 is 10.1 Å². The summed E-state index contributed by atoms with van der Waals surface area (Å²) in [4.78, 5) is 14.6. The van der Waals surface area contributed by atoms with E-state index in [1.165, 1.54) is 6.07 Å². The second kappa shape index (κ2) is 11.4. The molecule has 1 N–H and O–H groups in total. The average molecular weight is 498 g/mol. The lowest BCUT2D eigenvalue weighted by Gasteiger charge is -2.35. The normalized spacial score (nSPS) is 16.0. The molecule has 1 unspecified atom stereocenters. The number of hydrogen-bond acceptors (Lipinski definition) is 5. The molecule has 2 aromatic rings. The van der Waals surface area contributed by atoms with Gasteiger partial charge in [0.15, 0.2) is 0 Å². The first-order valence-electron chi connectivity index (χ1n) is 10.9. The predicted molar refractivity (Wildman–Crippen MR) is 125 cm³/mol. The molecule has 1 saturated heterocycles. The predicted octanol–water partition coefficient (Wildman–Crippen LogP) is 3.31. The molecule has 33 heavy (non-hydrogen) atoms. The molecule has 1 heterocycles. The smallest absolute Gasteiger partial charge is 0.251 e. The van der Waals surface area contributed by atoms with Crippen molar-refractivity contribution in [3.63, 3.8) is 0 Å². The Morgan fingerprint density at radius 3 is 2.48 bits per heavy atom. The van der Waals surface area contributed by atoms with Crippen molar-refractivity contribution in [1.82, 2.24) is 14.5 Å². The first-order chi connectivity index (χ1) is 15.8. The lowest BCUT2D eigenvalue weighted by atomic mass is 10.0. The molecule has 1 aliphatic heterocycles. The number of hydrogen-bond donors (Lipinski definition) is 1. The maximum atomic E-state index is 14.4. The SMILES string of the molecule is CCN(CC)S(=O)(=O)c1cc(C(=O)NCC(c2ccccc2Cl)N2CCOCC2)ccc1F. The quantitative estimate of drug-likeness (QED) is 0.575. The van der Waals surface area contributed by atoms with E-state index in [2.05, 4.69) is 10.2 Å². The van der Waals surface area contributed by atoms with Crippen LogP contribution in [-0.2, 0) is 14.8 Å². The van der Waals surface area contributed by atoms with Crippen LogP contribution in [-0.4, -0.2) is 69.5 Å². The number of nitrogens with zero attached hydrogens (tertiary/aromatic N) is 2. The molecule has 1 atom stereocenters. The zero-order valence-electron chi connectivity index (χ0n) is 18.8. The minimum atomic E-state index is -4.05. The summed E-state index contributed by atoms with van der Waals surface area (Å²) in [6.45, 7) is 6.55. The minimum absolute atomic E-state index is 0.0713. The molecular weight excluding hydrogens is 469 g/mol. The van der Waals surface area contributed by atoms with Crippen LogP contribution < -0.4 is 5.32 Å². The lowest BCUT2D eigenvalue weighted by molar-refractivity contribution is 0.0162. The Bertz CT molecular complexity index is 1070. The first kappa shape index (κ1) is 25.6. The van der Waals surface area contributed by atoms with Crippen LogP contribution in [0.1, 0.15) is 35.8 Å². The number of amides is 1. The first-order valence-corrected chi connectivity index (χ1v) is 12.8. The number of ether oxygens (including phenoxy) is 1. The van der Waals surface area contributed by atoms with Gasteiger partial charge in [0.25, 0.3) is 5.91 Å². The molecule has 3 rings (SSSR count). The third-order valence-corrected chi connectivity index (χ3v) is 8.13. The summed E-state index contributed by atoms with van der Waals surface area (Å²) in [7, 11) is -4.05. The molecular formula is C23H29ClFN3O4S. The molecule has 2 aromatic carbocycles. The van der Waals surface area contributed by atoms with E-state index in [1.807, 2.05) is 18.2 Å². The molecule has 0 bridgehead atoms. The number of carbonyl (C=O) groups excluding carboxylic acids is 1. The number of rotatable bonds is 9. The van der Waals surface area contributed by atoms with Crippen molar-refractivity contribution in [3.8, 4) is 0 Å². The second-order valence-electron chi connectivity index (χ2n) is 7.63. The summed E-state index contributed by atoms with van der Waals surface area (Å²) in [6.07, 6.45) is 0. The second-order valence-corrected chi connectivity index (χ2v) is 9.94. The highest BCUT2D eigenvalue weighted by molar-refractivity contribution is 7.89. The highest BCUT2D eigenvalue weighted by Crippen LogP contribution is 2.28.